The van der Waals surface area contributed by atoms with Gasteiger partial charge in [-0.05, 0) is 27.0 Å². The average molecular weight is 302 g/mol. The number of rotatable bonds is 6. The summed E-state index contributed by atoms with van der Waals surface area (Å²) in [7, 11) is 1.93. The number of nitrogens with two attached hydrogens (primary N) is 1. The Kier molecular flexibility index (Phi) is 5.49. The predicted molar refractivity (Wildman–Crippen MR) is 85.4 cm³/mol. The molecule has 0 aliphatic heterocycles. The Morgan fingerprint density at radius 2 is 2.21 bits per heavy atom. The van der Waals surface area contributed by atoms with E-state index >= 15 is 0 Å². The molecule has 0 saturated carbocycles. The Morgan fingerprint density at radius 1 is 1.58 bits per heavy atom. The fourth-order valence-corrected chi connectivity index (χ4v) is 2.37. The Morgan fingerprint density at radius 3 is 2.74 bits per heavy atom. The van der Waals surface area contributed by atoms with Gasteiger partial charge in [0.1, 0.15) is 10.7 Å². The second-order valence-corrected chi connectivity index (χ2v) is 7.36. The van der Waals surface area contributed by atoms with Crippen LogP contribution >= 0.6 is 23.1 Å². The van der Waals surface area contributed by atoms with Gasteiger partial charge in [-0.1, -0.05) is 11.3 Å². The van der Waals surface area contributed by atoms with Crippen molar-refractivity contribution >= 4 is 40.0 Å². The molecule has 0 radical (unpaired) electrons. The molecule has 7 heteroatoms. The van der Waals surface area contributed by atoms with Gasteiger partial charge in [0.15, 0.2) is 5.13 Å². The Hall–Kier alpha value is -0.950. The highest BCUT2D eigenvalue weighted by Gasteiger charge is 2.21. The number of carbonyl (C=O) groups is 1. The lowest BCUT2D eigenvalue weighted by molar-refractivity contribution is 0.0955. The summed E-state index contributed by atoms with van der Waals surface area (Å²) in [5, 5.41) is 3.69. The number of nitrogens with one attached hydrogen (secondary N) is 1. The second-order valence-electron chi connectivity index (χ2n) is 4.87. The maximum atomic E-state index is 12.1. The molecule has 0 bridgehead atoms. The standard InChI is InChI=1S/C12H22N4OS2/c1-6-16(4)11-15-9(13)8(19-11)10(17)14-7-12(2,3)18-5/h6-7,13H2,1-5H3,(H,14,17). The highest BCUT2D eigenvalue weighted by molar-refractivity contribution is 7.99. The Balaban J connectivity index is 2.75. The van der Waals surface area contributed by atoms with E-state index in [9.17, 15) is 4.79 Å². The van der Waals surface area contributed by atoms with Gasteiger partial charge in [-0.2, -0.15) is 11.8 Å². The minimum atomic E-state index is -0.145. The lowest BCUT2D eigenvalue weighted by atomic mass is 10.2. The molecule has 1 rings (SSSR count). The summed E-state index contributed by atoms with van der Waals surface area (Å²) in [6.07, 6.45) is 2.03. The largest absolute Gasteiger partial charge is 0.382 e. The van der Waals surface area contributed by atoms with Gasteiger partial charge in [0.25, 0.3) is 5.91 Å². The first-order chi connectivity index (χ1) is 8.80. The average Bonchev–Trinajstić information content (AvgIpc) is 2.77. The first-order valence-corrected chi connectivity index (χ1v) is 8.15. The third-order valence-electron chi connectivity index (χ3n) is 2.88. The number of hydrogen-bond acceptors (Lipinski definition) is 6. The molecule has 108 valence electrons. The van der Waals surface area contributed by atoms with Crippen LogP contribution < -0.4 is 16.0 Å². The Bertz CT molecular complexity index is 445. The topological polar surface area (TPSA) is 71.2 Å². The van der Waals surface area contributed by atoms with Crippen molar-refractivity contribution in [2.75, 3.05) is 37.0 Å². The van der Waals surface area contributed by atoms with Crippen LogP contribution in [0.15, 0.2) is 0 Å². The second kappa shape index (κ2) is 6.47. The van der Waals surface area contributed by atoms with Crippen molar-refractivity contribution in [1.29, 1.82) is 0 Å². The predicted octanol–water partition coefficient (Wildman–Crippen LogP) is 2.05. The van der Waals surface area contributed by atoms with Gasteiger partial charge in [0.05, 0.1) is 0 Å². The highest BCUT2D eigenvalue weighted by Crippen LogP contribution is 2.27. The summed E-state index contributed by atoms with van der Waals surface area (Å²) in [5.74, 6) is 0.160. The SMILES string of the molecule is CCN(C)c1nc(N)c(C(=O)NCC(C)(C)SC)s1. The number of nitrogens with zero attached hydrogens (tertiary/aromatic N) is 2. The van der Waals surface area contributed by atoms with Crippen LogP contribution in [0.5, 0.6) is 0 Å². The van der Waals surface area contributed by atoms with E-state index in [1.165, 1.54) is 11.3 Å². The van der Waals surface area contributed by atoms with Gasteiger partial charge in [0.2, 0.25) is 0 Å². The summed E-state index contributed by atoms with van der Waals surface area (Å²) < 4.78 is 0.0121. The fourth-order valence-electron chi connectivity index (χ4n) is 1.23. The van der Waals surface area contributed by atoms with Crippen molar-refractivity contribution in [3.8, 4) is 0 Å². The molecule has 0 aliphatic rings. The molecule has 1 amide bonds. The zero-order valence-corrected chi connectivity index (χ0v) is 13.7. The number of thiazole rings is 1. The quantitative estimate of drug-likeness (QED) is 0.841. The van der Waals surface area contributed by atoms with E-state index in [0.29, 0.717) is 17.2 Å². The zero-order chi connectivity index (χ0) is 14.6. The fraction of sp³-hybridized carbons (Fsp3) is 0.667. The first-order valence-electron chi connectivity index (χ1n) is 6.11. The van der Waals surface area contributed by atoms with Crippen molar-refractivity contribution in [1.82, 2.24) is 10.3 Å². The normalized spacial score (nSPS) is 11.4. The maximum absolute atomic E-state index is 12.1. The van der Waals surface area contributed by atoms with Crippen molar-refractivity contribution in [3.63, 3.8) is 0 Å². The van der Waals surface area contributed by atoms with Crippen LogP contribution in [0.4, 0.5) is 10.9 Å². The molecule has 0 unspecified atom stereocenters. The van der Waals surface area contributed by atoms with Gasteiger partial charge >= 0.3 is 0 Å². The van der Waals surface area contributed by atoms with Gasteiger partial charge in [-0.15, -0.1) is 0 Å². The summed E-state index contributed by atoms with van der Waals surface area (Å²) in [4.78, 5) is 18.8. The molecule has 0 saturated heterocycles. The van der Waals surface area contributed by atoms with Crippen LogP contribution in [-0.4, -0.2) is 42.0 Å². The lowest BCUT2D eigenvalue weighted by Gasteiger charge is -2.21. The number of anilines is 2. The molecule has 5 nitrogen and oxygen atoms in total. The van der Waals surface area contributed by atoms with Gasteiger partial charge in [0, 0.05) is 24.9 Å². The van der Waals surface area contributed by atoms with Crippen LogP contribution in [0.2, 0.25) is 0 Å². The number of aromatic nitrogens is 1. The summed E-state index contributed by atoms with van der Waals surface area (Å²) in [6.45, 7) is 7.63. The zero-order valence-electron chi connectivity index (χ0n) is 12.1. The molecule has 0 aliphatic carbocycles. The molecule has 1 aromatic heterocycles. The number of carbonyl (C=O) groups excluding carboxylic acids is 1. The van der Waals surface area contributed by atoms with Crippen LogP contribution in [0.3, 0.4) is 0 Å². The minimum absolute atomic E-state index is 0.0121. The molecule has 0 fully saturated rings. The van der Waals surface area contributed by atoms with Crippen molar-refractivity contribution < 1.29 is 4.79 Å². The maximum Gasteiger partial charge on any atom is 0.265 e. The monoisotopic (exact) mass is 302 g/mol. The van der Waals surface area contributed by atoms with E-state index in [1.807, 2.05) is 25.1 Å². The van der Waals surface area contributed by atoms with Crippen LogP contribution in [0.25, 0.3) is 0 Å². The van der Waals surface area contributed by atoms with E-state index in [2.05, 4.69) is 24.1 Å². The van der Waals surface area contributed by atoms with E-state index in [0.717, 1.165) is 11.7 Å². The van der Waals surface area contributed by atoms with E-state index in [4.69, 9.17) is 5.73 Å². The number of amides is 1. The van der Waals surface area contributed by atoms with Crippen LogP contribution in [0.1, 0.15) is 30.4 Å². The molecule has 1 heterocycles. The van der Waals surface area contributed by atoms with Crippen molar-refractivity contribution in [2.24, 2.45) is 0 Å². The third-order valence-corrected chi connectivity index (χ3v) is 5.31. The van der Waals surface area contributed by atoms with E-state index in [1.54, 1.807) is 11.8 Å². The molecular weight excluding hydrogens is 280 g/mol. The number of hydrogen-bond donors (Lipinski definition) is 2. The lowest BCUT2D eigenvalue weighted by Crippen LogP contribution is -2.36. The summed E-state index contributed by atoms with van der Waals surface area (Å²) in [6, 6.07) is 0. The summed E-state index contributed by atoms with van der Waals surface area (Å²) >= 11 is 3.05. The molecular formula is C12H22N4OS2. The molecule has 0 aromatic carbocycles. The van der Waals surface area contributed by atoms with Crippen molar-refractivity contribution in [3.05, 3.63) is 4.88 Å². The first kappa shape index (κ1) is 16.1. The van der Waals surface area contributed by atoms with Gasteiger partial charge in [-0.25, -0.2) is 4.98 Å². The highest BCUT2D eigenvalue weighted by atomic mass is 32.2. The third kappa shape index (κ3) is 4.28. The number of thioether (sulfide) groups is 1. The van der Waals surface area contributed by atoms with Crippen molar-refractivity contribution in [2.45, 2.75) is 25.5 Å². The van der Waals surface area contributed by atoms with Gasteiger partial charge < -0.3 is 16.0 Å². The van der Waals surface area contributed by atoms with Crippen LogP contribution in [-0.2, 0) is 0 Å². The number of nitrogen functional groups attached to an aromatic ring is 1. The molecule has 19 heavy (non-hydrogen) atoms. The minimum Gasteiger partial charge on any atom is -0.382 e. The van der Waals surface area contributed by atoms with Gasteiger partial charge in [-0.3, -0.25) is 4.79 Å². The summed E-state index contributed by atoms with van der Waals surface area (Å²) in [5.41, 5.74) is 5.81. The molecule has 0 atom stereocenters. The molecule has 0 spiro atoms. The van der Waals surface area contributed by atoms with E-state index < -0.39 is 0 Å². The molecule has 3 N–H and O–H groups in total. The smallest absolute Gasteiger partial charge is 0.265 e. The van der Waals surface area contributed by atoms with E-state index in [-0.39, 0.29) is 10.7 Å². The molecule has 1 aromatic rings. The van der Waals surface area contributed by atoms with Crippen LogP contribution in [0, 0.1) is 0 Å². The Labute approximate surface area is 123 Å².